The second-order valence-electron chi connectivity index (χ2n) is 5.91. The van der Waals surface area contributed by atoms with Gasteiger partial charge in [0.2, 0.25) is 11.8 Å². The highest BCUT2D eigenvalue weighted by Crippen LogP contribution is 2.46. The number of hydrogen-bond donors (Lipinski definition) is 2. The molecule has 1 aliphatic heterocycles. The van der Waals surface area contributed by atoms with Crippen LogP contribution in [-0.4, -0.2) is 29.3 Å². The molecule has 0 radical (unpaired) electrons. The van der Waals surface area contributed by atoms with Gasteiger partial charge >= 0.3 is 0 Å². The molecule has 0 bridgehead atoms. The standard InChI is InChI=1S/C13H23N3O2/c1-9(2)16-8-7-13(12(16)18)5-3-10(4-6-13)11(17)15-14/h9-10H,3-8,14H2,1-2H3,(H,15,17)/t10-,13-. The van der Waals surface area contributed by atoms with Crippen LogP contribution in [0.2, 0.25) is 0 Å². The van der Waals surface area contributed by atoms with Crippen LogP contribution in [0.4, 0.5) is 0 Å². The fraction of sp³-hybridized carbons (Fsp3) is 0.846. The van der Waals surface area contributed by atoms with Crippen molar-refractivity contribution in [3.8, 4) is 0 Å². The summed E-state index contributed by atoms with van der Waals surface area (Å²) >= 11 is 0. The fourth-order valence-corrected chi connectivity index (χ4v) is 3.35. The van der Waals surface area contributed by atoms with E-state index >= 15 is 0 Å². The summed E-state index contributed by atoms with van der Waals surface area (Å²) in [5.41, 5.74) is 2.03. The minimum atomic E-state index is -0.185. The Labute approximate surface area is 108 Å². The number of hydrazine groups is 1. The molecule has 1 saturated carbocycles. The quantitative estimate of drug-likeness (QED) is 0.434. The second kappa shape index (κ2) is 4.88. The molecule has 2 amide bonds. The van der Waals surface area contributed by atoms with Crippen molar-refractivity contribution in [2.45, 2.75) is 52.0 Å². The van der Waals surface area contributed by atoms with Gasteiger partial charge in [0.05, 0.1) is 5.41 Å². The molecule has 5 nitrogen and oxygen atoms in total. The van der Waals surface area contributed by atoms with Crippen molar-refractivity contribution in [1.82, 2.24) is 10.3 Å². The van der Waals surface area contributed by atoms with E-state index in [9.17, 15) is 9.59 Å². The Balaban J connectivity index is 2.01. The van der Waals surface area contributed by atoms with Crippen LogP contribution >= 0.6 is 0 Å². The zero-order valence-corrected chi connectivity index (χ0v) is 11.2. The van der Waals surface area contributed by atoms with Crippen LogP contribution in [0.1, 0.15) is 46.0 Å². The van der Waals surface area contributed by atoms with Crippen molar-refractivity contribution in [1.29, 1.82) is 0 Å². The summed E-state index contributed by atoms with van der Waals surface area (Å²) in [6.07, 6.45) is 4.16. The molecule has 3 N–H and O–H groups in total. The number of amides is 2. The summed E-state index contributed by atoms with van der Waals surface area (Å²) in [4.78, 5) is 25.9. The average Bonchev–Trinajstić information content (AvgIpc) is 2.67. The number of likely N-dealkylation sites (tertiary alicyclic amines) is 1. The van der Waals surface area contributed by atoms with Gasteiger partial charge in [-0.15, -0.1) is 0 Å². The van der Waals surface area contributed by atoms with Gasteiger partial charge in [-0.1, -0.05) is 0 Å². The Bertz CT molecular complexity index is 346. The number of carbonyl (C=O) groups excluding carboxylic acids is 2. The van der Waals surface area contributed by atoms with Crippen LogP contribution in [0.5, 0.6) is 0 Å². The van der Waals surface area contributed by atoms with Crippen molar-refractivity contribution in [2.24, 2.45) is 17.2 Å². The normalized spacial score (nSPS) is 32.3. The third-order valence-electron chi connectivity index (χ3n) is 4.62. The molecule has 0 atom stereocenters. The van der Waals surface area contributed by atoms with Crippen LogP contribution in [0.3, 0.4) is 0 Å². The number of carbonyl (C=O) groups is 2. The van der Waals surface area contributed by atoms with E-state index in [2.05, 4.69) is 19.3 Å². The molecule has 0 aromatic carbocycles. The number of hydrogen-bond acceptors (Lipinski definition) is 3. The van der Waals surface area contributed by atoms with E-state index in [1.807, 2.05) is 4.90 Å². The van der Waals surface area contributed by atoms with Gasteiger partial charge in [-0.3, -0.25) is 15.0 Å². The van der Waals surface area contributed by atoms with Crippen molar-refractivity contribution in [2.75, 3.05) is 6.54 Å². The third kappa shape index (κ3) is 2.11. The largest absolute Gasteiger partial charge is 0.340 e. The van der Waals surface area contributed by atoms with Gasteiger partial charge in [0.15, 0.2) is 0 Å². The number of nitrogens with two attached hydrogens (primary N) is 1. The molecule has 1 heterocycles. The molecule has 1 spiro atoms. The van der Waals surface area contributed by atoms with Crippen molar-refractivity contribution < 1.29 is 9.59 Å². The van der Waals surface area contributed by atoms with E-state index in [0.29, 0.717) is 5.91 Å². The molecule has 0 aromatic heterocycles. The van der Waals surface area contributed by atoms with Crippen LogP contribution in [0.25, 0.3) is 0 Å². The fourth-order valence-electron chi connectivity index (χ4n) is 3.35. The maximum absolute atomic E-state index is 12.5. The monoisotopic (exact) mass is 253 g/mol. The maximum atomic E-state index is 12.5. The summed E-state index contributed by atoms with van der Waals surface area (Å²) in [6, 6.07) is 0.280. The zero-order valence-electron chi connectivity index (χ0n) is 11.2. The van der Waals surface area contributed by atoms with Crippen molar-refractivity contribution in [3.05, 3.63) is 0 Å². The summed E-state index contributed by atoms with van der Waals surface area (Å²) < 4.78 is 0. The molecule has 102 valence electrons. The first-order chi connectivity index (χ1) is 8.50. The molecule has 18 heavy (non-hydrogen) atoms. The minimum Gasteiger partial charge on any atom is -0.340 e. The molecular weight excluding hydrogens is 230 g/mol. The lowest BCUT2D eigenvalue weighted by Crippen LogP contribution is -2.43. The Hall–Kier alpha value is -1.10. The Kier molecular flexibility index (Phi) is 3.61. The third-order valence-corrected chi connectivity index (χ3v) is 4.62. The molecule has 2 rings (SSSR count). The molecule has 0 unspecified atom stereocenters. The van der Waals surface area contributed by atoms with E-state index in [4.69, 9.17) is 5.84 Å². The molecule has 2 aliphatic rings. The number of rotatable bonds is 2. The van der Waals surface area contributed by atoms with Crippen LogP contribution in [-0.2, 0) is 9.59 Å². The minimum absolute atomic E-state index is 0.0125. The molecule has 0 aromatic rings. The summed E-state index contributed by atoms with van der Waals surface area (Å²) in [5, 5.41) is 0. The highest BCUT2D eigenvalue weighted by atomic mass is 16.2. The molecule has 5 heteroatoms. The number of nitrogens with one attached hydrogen (secondary N) is 1. The molecule has 2 fully saturated rings. The Morgan fingerprint density at radius 3 is 2.44 bits per heavy atom. The predicted octanol–water partition coefficient (Wildman–Crippen LogP) is 0.794. The summed E-state index contributed by atoms with van der Waals surface area (Å²) in [5.74, 6) is 5.36. The maximum Gasteiger partial charge on any atom is 0.236 e. The Morgan fingerprint density at radius 2 is 2.00 bits per heavy atom. The van der Waals surface area contributed by atoms with Crippen molar-refractivity contribution >= 4 is 11.8 Å². The highest BCUT2D eigenvalue weighted by molar-refractivity contribution is 5.86. The lowest BCUT2D eigenvalue weighted by molar-refractivity contribution is -0.141. The molecule has 1 saturated heterocycles. The average molecular weight is 253 g/mol. The first kappa shape index (κ1) is 13.3. The summed E-state index contributed by atoms with van der Waals surface area (Å²) in [7, 11) is 0. The van der Waals surface area contributed by atoms with Crippen LogP contribution < -0.4 is 11.3 Å². The van der Waals surface area contributed by atoms with E-state index in [1.165, 1.54) is 0 Å². The highest BCUT2D eigenvalue weighted by Gasteiger charge is 2.49. The van der Waals surface area contributed by atoms with E-state index in [-0.39, 0.29) is 23.3 Å². The summed E-state index contributed by atoms with van der Waals surface area (Å²) in [6.45, 7) is 4.99. The van der Waals surface area contributed by atoms with Gasteiger partial charge in [-0.05, 0) is 46.0 Å². The van der Waals surface area contributed by atoms with Gasteiger partial charge in [0, 0.05) is 18.5 Å². The number of nitrogens with zero attached hydrogens (tertiary/aromatic N) is 1. The second-order valence-corrected chi connectivity index (χ2v) is 5.91. The first-order valence-corrected chi connectivity index (χ1v) is 6.82. The van der Waals surface area contributed by atoms with E-state index < -0.39 is 0 Å². The lowest BCUT2D eigenvalue weighted by atomic mass is 9.69. The first-order valence-electron chi connectivity index (χ1n) is 6.82. The topological polar surface area (TPSA) is 75.4 Å². The van der Waals surface area contributed by atoms with Crippen LogP contribution in [0, 0.1) is 11.3 Å². The van der Waals surface area contributed by atoms with E-state index in [0.717, 1.165) is 38.6 Å². The Morgan fingerprint density at radius 1 is 1.39 bits per heavy atom. The van der Waals surface area contributed by atoms with Gasteiger partial charge < -0.3 is 4.90 Å². The molecular formula is C13H23N3O2. The molecule has 1 aliphatic carbocycles. The van der Waals surface area contributed by atoms with Crippen LogP contribution in [0.15, 0.2) is 0 Å². The van der Waals surface area contributed by atoms with Gasteiger partial charge in [0.1, 0.15) is 0 Å². The van der Waals surface area contributed by atoms with Crippen molar-refractivity contribution in [3.63, 3.8) is 0 Å². The smallest absolute Gasteiger partial charge is 0.236 e. The van der Waals surface area contributed by atoms with Gasteiger partial charge in [0.25, 0.3) is 0 Å². The van der Waals surface area contributed by atoms with E-state index in [1.54, 1.807) is 0 Å². The SMILES string of the molecule is CC(C)N1CC[C@]2(CC[C@@H](C(=O)NN)CC2)C1=O. The lowest BCUT2D eigenvalue weighted by Gasteiger charge is -2.35. The van der Waals surface area contributed by atoms with Gasteiger partial charge in [-0.2, -0.15) is 0 Å². The van der Waals surface area contributed by atoms with Gasteiger partial charge in [-0.25, -0.2) is 5.84 Å². The zero-order chi connectivity index (χ0) is 13.3. The predicted molar refractivity (Wildman–Crippen MR) is 68.2 cm³/mol.